The fraction of sp³-hybridized carbons (Fsp3) is 0.500. The minimum atomic E-state index is -0.556. The Hall–Kier alpha value is -1.13. The molecule has 0 aromatic heterocycles. The van der Waals surface area contributed by atoms with Crippen LogP contribution in [0.2, 0.25) is 5.02 Å². The highest BCUT2D eigenvalue weighted by Gasteiger charge is 2.27. The molecule has 1 N–H and O–H groups in total. The number of rotatable bonds is 3. The van der Waals surface area contributed by atoms with E-state index in [1.54, 1.807) is 11.0 Å². The number of carbonyl (C=O) groups is 1. The van der Waals surface area contributed by atoms with Crippen molar-refractivity contribution < 1.29 is 9.18 Å². The lowest BCUT2D eigenvalue weighted by molar-refractivity contribution is 0.0657. The lowest BCUT2D eigenvalue weighted by atomic mass is 10.0. The van der Waals surface area contributed by atoms with Crippen LogP contribution in [0.4, 0.5) is 4.39 Å². The topological polar surface area (TPSA) is 32.3 Å². The Kier molecular flexibility index (Phi) is 4.77. The van der Waals surface area contributed by atoms with E-state index in [9.17, 15) is 9.18 Å². The molecular weight excluding hydrogens is 267 g/mol. The number of nitrogens with one attached hydrogen (secondary N) is 1. The molecule has 19 heavy (non-hydrogen) atoms. The van der Waals surface area contributed by atoms with Crippen molar-refractivity contribution >= 4 is 17.5 Å². The third-order valence-electron chi connectivity index (χ3n) is 3.49. The Balaban J connectivity index is 2.25. The van der Waals surface area contributed by atoms with Crippen LogP contribution in [-0.4, -0.2) is 36.5 Å². The first-order valence-electron chi connectivity index (χ1n) is 6.60. The predicted octanol–water partition coefficient (Wildman–Crippen LogP) is 2.69. The first-order chi connectivity index (χ1) is 9.15. The van der Waals surface area contributed by atoms with Crippen LogP contribution in [0.25, 0.3) is 0 Å². The summed E-state index contributed by atoms with van der Waals surface area (Å²) >= 11 is 5.96. The van der Waals surface area contributed by atoms with E-state index in [-0.39, 0.29) is 22.5 Å². The zero-order chi connectivity index (χ0) is 13.8. The standard InChI is InChI=1S/C14H18ClFN2O/c1-2-18(10-5-4-8-17-9-10)14(19)13-11(15)6-3-7-12(13)16/h3,6-7,10,17H,2,4-5,8-9H2,1H3. The van der Waals surface area contributed by atoms with Crippen LogP contribution in [-0.2, 0) is 0 Å². The van der Waals surface area contributed by atoms with E-state index in [0.717, 1.165) is 25.9 Å². The Morgan fingerprint density at radius 1 is 1.58 bits per heavy atom. The fourth-order valence-corrected chi connectivity index (χ4v) is 2.76. The molecule has 0 radical (unpaired) electrons. The molecule has 1 heterocycles. The van der Waals surface area contributed by atoms with E-state index in [0.29, 0.717) is 6.54 Å². The highest BCUT2D eigenvalue weighted by molar-refractivity contribution is 6.33. The maximum Gasteiger partial charge on any atom is 0.258 e. The van der Waals surface area contributed by atoms with Crippen LogP contribution >= 0.6 is 11.6 Å². The van der Waals surface area contributed by atoms with Crippen molar-refractivity contribution in [3.63, 3.8) is 0 Å². The summed E-state index contributed by atoms with van der Waals surface area (Å²) in [6.07, 6.45) is 1.97. The van der Waals surface area contributed by atoms with Crippen molar-refractivity contribution in [3.05, 3.63) is 34.6 Å². The number of carbonyl (C=O) groups excluding carboxylic acids is 1. The van der Waals surface area contributed by atoms with E-state index in [2.05, 4.69) is 5.32 Å². The second-order valence-corrected chi connectivity index (χ2v) is 5.10. The van der Waals surface area contributed by atoms with Crippen molar-refractivity contribution in [1.29, 1.82) is 0 Å². The summed E-state index contributed by atoms with van der Waals surface area (Å²) in [5.41, 5.74) is -0.0170. The van der Waals surface area contributed by atoms with Gasteiger partial charge in [-0.15, -0.1) is 0 Å². The van der Waals surface area contributed by atoms with E-state index in [1.165, 1.54) is 12.1 Å². The number of hydrogen-bond acceptors (Lipinski definition) is 2. The molecule has 1 unspecified atom stereocenters. The van der Waals surface area contributed by atoms with Gasteiger partial charge in [-0.1, -0.05) is 17.7 Å². The summed E-state index contributed by atoms with van der Waals surface area (Å²) in [7, 11) is 0. The number of amides is 1. The number of benzene rings is 1. The van der Waals surface area contributed by atoms with Crippen LogP contribution < -0.4 is 5.32 Å². The molecule has 1 saturated heterocycles. The van der Waals surface area contributed by atoms with Crippen molar-refractivity contribution in [2.45, 2.75) is 25.8 Å². The van der Waals surface area contributed by atoms with Gasteiger partial charge in [0, 0.05) is 19.1 Å². The molecule has 1 aliphatic rings. The van der Waals surface area contributed by atoms with Gasteiger partial charge in [0.25, 0.3) is 5.91 Å². The number of piperidine rings is 1. The van der Waals surface area contributed by atoms with Crippen LogP contribution in [0, 0.1) is 5.82 Å². The Morgan fingerprint density at radius 2 is 2.37 bits per heavy atom. The molecule has 1 aromatic rings. The van der Waals surface area contributed by atoms with Gasteiger partial charge in [0.15, 0.2) is 0 Å². The summed E-state index contributed by atoms with van der Waals surface area (Å²) in [6.45, 7) is 4.19. The van der Waals surface area contributed by atoms with Gasteiger partial charge in [-0.05, 0) is 38.4 Å². The number of halogens is 2. The Labute approximate surface area is 117 Å². The molecule has 1 amide bonds. The normalized spacial score (nSPS) is 19.2. The number of likely N-dealkylation sites (N-methyl/N-ethyl adjacent to an activating group) is 1. The molecule has 3 nitrogen and oxygen atoms in total. The van der Waals surface area contributed by atoms with E-state index >= 15 is 0 Å². The molecule has 0 spiro atoms. The highest BCUT2D eigenvalue weighted by atomic mass is 35.5. The van der Waals surface area contributed by atoms with E-state index in [1.807, 2.05) is 6.92 Å². The van der Waals surface area contributed by atoms with Crippen molar-refractivity contribution in [1.82, 2.24) is 10.2 Å². The summed E-state index contributed by atoms with van der Waals surface area (Å²) in [5.74, 6) is -0.876. The van der Waals surface area contributed by atoms with Crippen molar-refractivity contribution in [3.8, 4) is 0 Å². The van der Waals surface area contributed by atoms with Gasteiger partial charge in [-0.2, -0.15) is 0 Å². The highest BCUT2D eigenvalue weighted by Crippen LogP contribution is 2.23. The molecule has 1 aromatic carbocycles. The minimum Gasteiger partial charge on any atom is -0.335 e. The van der Waals surface area contributed by atoms with Crippen LogP contribution in [0.1, 0.15) is 30.1 Å². The average molecular weight is 285 g/mol. The second kappa shape index (κ2) is 6.35. The molecule has 1 aliphatic heterocycles. The van der Waals surface area contributed by atoms with Crippen LogP contribution in [0.5, 0.6) is 0 Å². The second-order valence-electron chi connectivity index (χ2n) is 4.69. The first-order valence-corrected chi connectivity index (χ1v) is 6.98. The van der Waals surface area contributed by atoms with Gasteiger partial charge in [0.2, 0.25) is 0 Å². The Bertz CT molecular complexity index is 441. The van der Waals surface area contributed by atoms with E-state index < -0.39 is 5.82 Å². The van der Waals surface area contributed by atoms with Gasteiger partial charge in [-0.3, -0.25) is 4.79 Å². The van der Waals surface area contributed by atoms with Crippen LogP contribution in [0.3, 0.4) is 0 Å². The Morgan fingerprint density at radius 3 is 2.95 bits per heavy atom. The SMILES string of the molecule is CCN(C(=O)c1c(F)cccc1Cl)C1CCCNC1. The molecule has 1 atom stereocenters. The van der Waals surface area contributed by atoms with Gasteiger partial charge < -0.3 is 10.2 Å². The van der Waals surface area contributed by atoms with Gasteiger partial charge in [-0.25, -0.2) is 4.39 Å². The molecule has 0 aliphatic carbocycles. The first kappa shape index (κ1) is 14.3. The molecule has 0 saturated carbocycles. The van der Waals surface area contributed by atoms with E-state index in [4.69, 9.17) is 11.6 Å². The van der Waals surface area contributed by atoms with Gasteiger partial charge in [0.05, 0.1) is 10.6 Å². The number of hydrogen-bond donors (Lipinski definition) is 1. The monoisotopic (exact) mass is 284 g/mol. The molecule has 1 fully saturated rings. The molecule has 104 valence electrons. The quantitative estimate of drug-likeness (QED) is 0.926. The minimum absolute atomic E-state index is 0.0170. The average Bonchev–Trinajstić information content (AvgIpc) is 2.40. The predicted molar refractivity (Wildman–Crippen MR) is 74.0 cm³/mol. The zero-order valence-electron chi connectivity index (χ0n) is 11.0. The summed E-state index contributed by atoms with van der Waals surface area (Å²) < 4.78 is 13.8. The smallest absolute Gasteiger partial charge is 0.258 e. The summed E-state index contributed by atoms with van der Waals surface area (Å²) in [6, 6.07) is 4.44. The molecule has 0 bridgehead atoms. The molecule has 2 rings (SSSR count). The lowest BCUT2D eigenvalue weighted by Crippen LogP contribution is -2.48. The van der Waals surface area contributed by atoms with Crippen molar-refractivity contribution in [2.24, 2.45) is 0 Å². The lowest BCUT2D eigenvalue weighted by Gasteiger charge is -2.34. The maximum atomic E-state index is 13.8. The van der Waals surface area contributed by atoms with Gasteiger partial charge in [0.1, 0.15) is 5.82 Å². The number of nitrogens with zero attached hydrogens (tertiary/aromatic N) is 1. The van der Waals surface area contributed by atoms with Crippen molar-refractivity contribution in [2.75, 3.05) is 19.6 Å². The summed E-state index contributed by atoms with van der Waals surface area (Å²) in [5, 5.41) is 3.44. The third kappa shape index (κ3) is 3.07. The molecular formula is C14H18ClFN2O. The maximum absolute atomic E-state index is 13.8. The summed E-state index contributed by atoms with van der Waals surface area (Å²) in [4.78, 5) is 14.2. The zero-order valence-corrected chi connectivity index (χ0v) is 11.7. The largest absolute Gasteiger partial charge is 0.335 e. The third-order valence-corrected chi connectivity index (χ3v) is 3.80. The van der Waals surface area contributed by atoms with Crippen LogP contribution in [0.15, 0.2) is 18.2 Å². The fourth-order valence-electron chi connectivity index (χ4n) is 2.51. The van der Waals surface area contributed by atoms with Gasteiger partial charge >= 0.3 is 0 Å². The molecule has 5 heteroatoms.